The summed E-state index contributed by atoms with van der Waals surface area (Å²) in [6.45, 7) is 2.07. The second-order valence-corrected chi connectivity index (χ2v) is 6.67. The molecule has 6 heteroatoms. The number of hydrogen-bond acceptors (Lipinski definition) is 4. The molecule has 0 saturated heterocycles. The number of methoxy groups -OCH3 is 1. The van der Waals surface area contributed by atoms with E-state index in [1.807, 2.05) is 16.7 Å². The standard InChI is InChI=1S/C21H18N2O4/c1-12-10-14-4-3-5-16-18(14)23(12)11-17(19(16)24)20(25)22-15-8-6-13(7-9-15)21(26)27-2/h3-9,11-12H,10H2,1-2H3,(H,22,25)/t12-/m0/s1. The number of carbonyl (C=O) groups excluding carboxylic acids is 2. The fraction of sp³-hybridized carbons (Fsp3) is 0.190. The fourth-order valence-electron chi connectivity index (χ4n) is 3.58. The number of amides is 1. The molecule has 1 N–H and O–H groups in total. The maximum Gasteiger partial charge on any atom is 0.337 e. The molecule has 3 aromatic rings. The highest BCUT2D eigenvalue weighted by molar-refractivity contribution is 6.06. The molecule has 2 aromatic carbocycles. The van der Waals surface area contributed by atoms with E-state index in [2.05, 4.69) is 17.0 Å². The molecular weight excluding hydrogens is 344 g/mol. The number of pyridine rings is 1. The molecule has 1 aliphatic rings. The Labute approximate surface area is 155 Å². The smallest absolute Gasteiger partial charge is 0.337 e. The van der Waals surface area contributed by atoms with E-state index in [1.165, 1.54) is 7.11 Å². The van der Waals surface area contributed by atoms with E-state index in [-0.39, 0.29) is 17.0 Å². The molecule has 0 radical (unpaired) electrons. The van der Waals surface area contributed by atoms with E-state index in [0.29, 0.717) is 16.6 Å². The topological polar surface area (TPSA) is 77.4 Å². The van der Waals surface area contributed by atoms with Crippen LogP contribution in [-0.2, 0) is 11.2 Å². The molecule has 0 unspecified atom stereocenters. The van der Waals surface area contributed by atoms with Crippen molar-refractivity contribution in [1.82, 2.24) is 4.57 Å². The van der Waals surface area contributed by atoms with Gasteiger partial charge in [0.05, 0.1) is 18.2 Å². The lowest BCUT2D eigenvalue weighted by Crippen LogP contribution is -2.23. The van der Waals surface area contributed by atoms with Crippen molar-refractivity contribution in [3.8, 4) is 0 Å². The maximum absolute atomic E-state index is 12.8. The van der Waals surface area contributed by atoms with Crippen LogP contribution in [0.15, 0.2) is 53.5 Å². The van der Waals surface area contributed by atoms with E-state index in [4.69, 9.17) is 0 Å². The third-order valence-electron chi connectivity index (χ3n) is 4.93. The van der Waals surface area contributed by atoms with E-state index in [0.717, 1.165) is 17.5 Å². The average Bonchev–Trinajstić information content (AvgIpc) is 3.00. The third kappa shape index (κ3) is 2.79. The quantitative estimate of drug-likeness (QED) is 0.726. The number of anilines is 1. The molecule has 0 bridgehead atoms. The first kappa shape index (κ1) is 17.0. The number of nitrogens with zero attached hydrogens (tertiary/aromatic N) is 1. The number of aromatic nitrogens is 1. The van der Waals surface area contributed by atoms with Gasteiger partial charge >= 0.3 is 5.97 Å². The minimum absolute atomic E-state index is 0.102. The van der Waals surface area contributed by atoms with Gasteiger partial charge in [-0.2, -0.15) is 0 Å². The predicted molar refractivity (Wildman–Crippen MR) is 102 cm³/mol. The molecular formula is C21H18N2O4. The molecule has 6 nitrogen and oxygen atoms in total. The first-order valence-corrected chi connectivity index (χ1v) is 8.66. The van der Waals surface area contributed by atoms with Gasteiger partial charge in [0.1, 0.15) is 5.56 Å². The minimum atomic E-state index is -0.471. The van der Waals surface area contributed by atoms with E-state index in [1.54, 1.807) is 36.5 Å². The van der Waals surface area contributed by atoms with Crippen molar-refractivity contribution < 1.29 is 14.3 Å². The van der Waals surface area contributed by atoms with Gasteiger partial charge in [-0.15, -0.1) is 0 Å². The lowest BCUT2D eigenvalue weighted by Gasteiger charge is -2.13. The van der Waals surface area contributed by atoms with E-state index in [9.17, 15) is 14.4 Å². The Morgan fingerprint density at radius 3 is 2.59 bits per heavy atom. The number of carbonyl (C=O) groups is 2. The zero-order valence-corrected chi connectivity index (χ0v) is 15.0. The molecule has 0 saturated carbocycles. The van der Waals surface area contributed by atoms with Gasteiger partial charge in [0, 0.05) is 23.3 Å². The van der Waals surface area contributed by atoms with Crippen molar-refractivity contribution in [3.05, 3.63) is 75.6 Å². The second-order valence-electron chi connectivity index (χ2n) is 6.67. The molecule has 0 fully saturated rings. The normalized spacial score (nSPS) is 15.0. The Hall–Kier alpha value is -3.41. The Morgan fingerprint density at radius 1 is 1.15 bits per heavy atom. The highest BCUT2D eigenvalue weighted by Gasteiger charge is 2.24. The molecule has 1 aromatic heterocycles. The van der Waals surface area contributed by atoms with Gasteiger partial charge in [-0.05, 0) is 49.2 Å². The summed E-state index contributed by atoms with van der Waals surface area (Å²) in [7, 11) is 1.31. The van der Waals surface area contributed by atoms with Crippen LogP contribution in [0, 0.1) is 0 Å². The van der Waals surface area contributed by atoms with Crippen LogP contribution in [0.5, 0.6) is 0 Å². The number of para-hydroxylation sites is 1. The van der Waals surface area contributed by atoms with Crippen molar-refractivity contribution in [1.29, 1.82) is 0 Å². The van der Waals surface area contributed by atoms with Crippen molar-refractivity contribution in [3.63, 3.8) is 0 Å². The Kier molecular flexibility index (Phi) is 4.03. The summed E-state index contributed by atoms with van der Waals surface area (Å²) in [6.07, 6.45) is 2.49. The molecule has 4 rings (SSSR count). The van der Waals surface area contributed by atoms with Crippen LogP contribution in [0.1, 0.15) is 39.2 Å². The number of esters is 1. The second kappa shape index (κ2) is 6.39. The maximum atomic E-state index is 12.8. The first-order chi connectivity index (χ1) is 13.0. The highest BCUT2D eigenvalue weighted by atomic mass is 16.5. The van der Waals surface area contributed by atoms with Crippen molar-refractivity contribution in [2.45, 2.75) is 19.4 Å². The van der Waals surface area contributed by atoms with Gasteiger partial charge in [0.15, 0.2) is 0 Å². The zero-order valence-electron chi connectivity index (χ0n) is 15.0. The summed E-state index contributed by atoms with van der Waals surface area (Å²) >= 11 is 0. The molecule has 1 amide bonds. The van der Waals surface area contributed by atoms with Gasteiger partial charge in [0.25, 0.3) is 5.91 Å². The Morgan fingerprint density at radius 2 is 1.89 bits per heavy atom. The summed E-state index contributed by atoms with van der Waals surface area (Å²) in [5, 5.41) is 3.29. The summed E-state index contributed by atoms with van der Waals surface area (Å²) in [4.78, 5) is 37.1. The monoisotopic (exact) mass is 362 g/mol. The SMILES string of the molecule is COC(=O)c1ccc(NC(=O)c2cn3c4c(cccc4c2=O)C[C@@H]3C)cc1. The van der Waals surface area contributed by atoms with Crippen LogP contribution in [-0.4, -0.2) is 23.6 Å². The number of hydrogen-bond donors (Lipinski definition) is 1. The molecule has 0 spiro atoms. The summed E-state index contributed by atoms with van der Waals surface area (Å²) < 4.78 is 6.65. The zero-order chi connectivity index (χ0) is 19.1. The number of benzene rings is 2. The van der Waals surface area contributed by atoms with Crippen LogP contribution in [0.2, 0.25) is 0 Å². The van der Waals surface area contributed by atoms with Gasteiger partial charge < -0.3 is 14.6 Å². The lowest BCUT2D eigenvalue weighted by molar-refractivity contribution is 0.0600. The van der Waals surface area contributed by atoms with Crippen LogP contribution in [0.25, 0.3) is 10.9 Å². The van der Waals surface area contributed by atoms with Gasteiger partial charge in [-0.3, -0.25) is 9.59 Å². The fourth-order valence-corrected chi connectivity index (χ4v) is 3.58. The van der Waals surface area contributed by atoms with Crippen LogP contribution in [0.4, 0.5) is 5.69 Å². The van der Waals surface area contributed by atoms with Gasteiger partial charge in [-0.1, -0.05) is 12.1 Å². The van der Waals surface area contributed by atoms with Crippen LogP contribution in [0.3, 0.4) is 0 Å². The molecule has 2 heterocycles. The van der Waals surface area contributed by atoms with Gasteiger partial charge in [0.2, 0.25) is 5.43 Å². The predicted octanol–water partition coefficient (Wildman–Crippen LogP) is 3.16. The summed E-state index contributed by atoms with van der Waals surface area (Å²) in [5.74, 6) is -0.922. The number of nitrogens with one attached hydrogen (secondary N) is 1. The highest BCUT2D eigenvalue weighted by Crippen LogP contribution is 2.31. The van der Waals surface area contributed by atoms with Crippen LogP contribution < -0.4 is 10.7 Å². The Bertz CT molecular complexity index is 1130. The van der Waals surface area contributed by atoms with Crippen molar-refractivity contribution in [2.75, 3.05) is 12.4 Å². The molecule has 136 valence electrons. The molecule has 0 aliphatic carbocycles. The lowest BCUT2D eigenvalue weighted by atomic mass is 10.1. The summed E-state index contributed by atoms with van der Waals surface area (Å²) in [6, 6.07) is 12.1. The number of ether oxygens (including phenoxy) is 1. The molecule has 27 heavy (non-hydrogen) atoms. The first-order valence-electron chi connectivity index (χ1n) is 8.66. The minimum Gasteiger partial charge on any atom is -0.465 e. The average molecular weight is 362 g/mol. The van der Waals surface area contributed by atoms with Gasteiger partial charge in [-0.25, -0.2) is 4.79 Å². The largest absolute Gasteiger partial charge is 0.465 e. The van der Waals surface area contributed by atoms with Crippen molar-refractivity contribution in [2.24, 2.45) is 0 Å². The Balaban J connectivity index is 1.69. The molecule has 1 aliphatic heterocycles. The van der Waals surface area contributed by atoms with E-state index >= 15 is 0 Å². The van der Waals surface area contributed by atoms with Crippen molar-refractivity contribution >= 4 is 28.5 Å². The number of rotatable bonds is 3. The summed E-state index contributed by atoms with van der Waals surface area (Å²) in [5.41, 5.74) is 2.74. The van der Waals surface area contributed by atoms with E-state index < -0.39 is 11.9 Å². The third-order valence-corrected chi connectivity index (χ3v) is 4.93. The molecule has 1 atom stereocenters. The van der Waals surface area contributed by atoms with Crippen LogP contribution >= 0.6 is 0 Å².